The van der Waals surface area contributed by atoms with Crippen molar-refractivity contribution < 1.29 is 9.59 Å². The van der Waals surface area contributed by atoms with Gasteiger partial charge >= 0.3 is 0 Å². The highest BCUT2D eigenvalue weighted by atomic mass is 16.2. The van der Waals surface area contributed by atoms with E-state index in [1.807, 2.05) is 0 Å². The van der Waals surface area contributed by atoms with Gasteiger partial charge in [-0.1, -0.05) is 18.9 Å². The summed E-state index contributed by atoms with van der Waals surface area (Å²) >= 11 is 0. The maximum absolute atomic E-state index is 11.9. The second-order valence-electron chi connectivity index (χ2n) is 5.24. The number of anilines is 1. The monoisotopic (exact) mass is 261 g/mol. The third-order valence-electron chi connectivity index (χ3n) is 3.54. The molecule has 0 bridgehead atoms. The van der Waals surface area contributed by atoms with Gasteiger partial charge in [0.25, 0.3) is 0 Å². The number of hydrogen-bond donors (Lipinski definition) is 3. The van der Waals surface area contributed by atoms with E-state index in [9.17, 15) is 9.59 Å². The molecule has 5 N–H and O–H groups in total. The fraction of sp³-hybridized carbons (Fsp3) is 0.429. The van der Waals surface area contributed by atoms with Crippen molar-refractivity contribution in [2.24, 2.45) is 11.5 Å². The van der Waals surface area contributed by atoms with Crippen molar-refractivity contribution in [1.29, 1.82) is 0 Å². The predicted molar refractivity (Wildman–Crippen MR) is 73.6 cm³/mol. The van der Waals surface area contributed by atoms with Crippen LogP contribution < -0.4 is 16.8 Å². The van der Waals surface area contributed by atoms with Crippen LogP contribution in [-0.2, 0) is 4.79 Å². The van der Waals surface area contributed by atoms with E-state index in [-0.39, 0.29) is 11.4 Å². The first-order valence-corrected chi connectivity index (χ1v) is 6.47. The molecule has 1 aliphatic carbocycles. The van der Waals surface area contributed by atoms with Gasteiger partial charge in [0.1, 0.15) is 0 Å². The summed E-state index contributed by atoms with van der Waals surface area (Å²) in [6, 6.07) is 6.59. The Kier molecular flexibility index (Phi) is 3.85. The fourth-order valence-corrected chi connectivity index (χ4v) is 2.53. The number of benzene rings is 1. The van der Waals surface area contributed by atoms with Crippen molar-refractivity contribution in [1.82, 2.24) is 0 Å². The number of carbonyl (C=O) groups excluding carboxylic acids is 2. The lowest BCUT2D eigenvalue weighted by molar-refractivity contribution is -0.117. The van der Waals surface area contributed by atoms with Crippen LogP contribution in [-0.4, -0.2) is 17.4 Å². The first-order valence-electron chi connectivity index (χ1n) is 6.47. The zero-order valence-corrected chi connectivity index (χ0v) is 10.8. The molecule has 0 aromatic heterocycles. The highest BCUT2D eigenvalue weighted by Gasteiger charge is 2.31. The zero-order valence-electron chi connectivity index (χ0n) is 10.8. The Morgan fingerprint density at radius 3 is 2.58 bits per heavy atom. The molecule has 1 fully saturated rings. The normalized spacial score (nSPS) is 17.1. The maximum Gasteiger partial charge on any atom is 0.248 e. The van der Waals surface area contributed by atoms with Crippen LogP contribution in [0.5, 0.6) is 0 Å². The molecular weight excluding hydrogens is 242 g/mol. The molecule has 0 spiro atoms. The Bertz CT molecular complexity index is 493. The highest BCUT2D eigenvalue weighted by Crippen LogP contribution is 2.30. The SMILES string of the molecule is NC(=O)c1cccc(NC(=O)CC2(N)CCCC2)c1. The van der Waals surface area contributed by atoms with Gasteiger partial charge in [0.05, 0.1) is 0 Å². The van der Waals surface area contributed by atoms with E-state index in [0.29, 0.717) is 17.7 Å². The fourth-order valence-electron chi connectivity index (χ4n) is 2.53. The minimum absolute atomic E-state index is 0.119. The quantitative estimate of drug-likeness (QED) is 0.763. The molecule has 0 saturated heterocycles. The van der Waals surface area contributed by atoms with E-state index in [0.717, 1.165) is 25.7 Å². The number of hydrogen-bond acceptors (Lipinski definition) is 3. The van der Waals surface area contributed by atoms with Crippen molar-refractivity contribution in [2.75, 3.05) is 5.32 Å². The van der Waals surface area contributed by atoms with Crippen LogP contribution >= 0.6 is 0 Å². The smallest absolute Gasteiger partial charge is 0.248 e. The molecular formula is C14H19N3O2. The number of primary amides is 1. The predicted octanol–water partition coefficient (Wildman–Crippen LogP) is 1.39. The van der Waals surface area contributed by atoms with Gasteiger partial charge in [-0.25, -0.2) is 0 Å². The number of amides is 2. The van der Waals surface area contributed by atoms with Gasteiger partial charge in [-0.15, -0.1) is 0 Å². The lowest BCUT2D eigenvalue weighted by atomic mass is 9.94. The van der Waals surface area contributed by atoms with Crippen LogP contribution in [0.3, 0.4) is 0 Å². The summed E-state index contributed by atoms with van der Waals surface area (Å²) in [6.45, 7) is 0. The summed E-state index contributed by atoms with van der Waals surface area (Å²) < 4.78 is 0. The second-order valence-corrected chi connectivity index (χ2v) is 5.24. The van der Waals surface area contributed by atoms with Gasteiger partial charge in [0.2, 0.25) is 11.8 Å². The van der Waals surface area contributed by atoms with E-state index in [4.69, 9.17) is 11.5 Å². The third kappa shape index (κ3) is 3.54. The Balaban J connectivity index is 1.98. The molecule has 0 radical (unpaired) electrons. The van der Waals surface area contributed by atoms with Crippen LogP contribution in [0, 0.1) is 0 Å². The first-order chi connectivity index (χ1) is 8.98. The molecule has 0 atom stereocenters. The number of nitrogens with one attached hydrogen (secondary N) is 1. The molecule has 1 saturated carbocycles. The van der Waals surface area contributed by atoms with Gasteiger partial charge < -0.3 is 16.8 Å². The molecule has 2 amide bonds. The van der Waals surface area contributed by atoms with Crippen LogP contribution in [0.2, 0.25) is 0 Å². The Morgan fingerprint density at radius 1 is 1.26 bits per heavy atom. The number of rotatable bonds is 4. The number of nitrogens with two attached hydrogens (primary N) is 2. The van der Waals surface area contributed by atoms with Crippen LogP contribution in [0.25, 0.3) is 0 Å². The molecule has 5 nitrogen and oxygen atoms in total. The molecule has 102 valence electrons. The standard InChI is InChI=1S/C14H19N3O2/c15-13(19)10-4-3-5-11(8-10)17-12(18)9-14(16)6-1-2-7-14/h3-5,8H,1-2,6-7,9,16H2,(H2,15,19)(H,17,18). The molecule has 0 aliphatic heterocycles. The summed E-state index contributed by atoms with van der Waals surface area (Å²) in [5.41, 5.74) is 11.9. The molecule has 2 rings (SSSR count). The molecule has 19 heavy (non-hydrogen) atoms. The average molecular weight is 261 g/mol. The minimum atomic E-state index is -0.512. The largest absolute Gasteiger partial charge is 0.366 e. The van der Waals surface area contributed by atoms with Crippen molar-refractivity contribution in [2.45, 2.75) is 37.6 Å². The molecule has 1 aromatic carbocycles. The molecule has 1 aromatic rings. The minimum Gasteiger partial charge on any atom is -0.366 e. The van der Waals surface area contributed by atoms with E-state index < -0.39 is 5.91 Å². The van der Waals surface area contributed by atoms with Crippen molar-refractivity contribution in [3.63, 3.8) is 0 Å². The molecule has 1 aliphatic rings. The van der Waals surface area contributed by atoms with Crippen molar-refractivity contribution in [3.05, 3.63) is 29.8 Å². The Hall–Kier alpha value is -1.88. The lowest BCUT2D eigenvalue weighted by Crippen LogP contribution is -2.40. The van der Waals surface area contributed by atoms with Gasteiger partial charge in [0.15, 0.2) is 0 Å². The molecule has 0 unspecified atom stereocenters. The molecule has 0 heterocycles. The number of carbonyl (C=O) groups is 2. The van der Waals surface area contributed by atoms with E-state index in [2.05, 4.69) is 5.32 Å². The highest BCUT2D eigenvalue weighted by molar-refractivity contribution is 5.96. The van der Waals surface area contributed by atoms with Gasteiger partial charge in [-0.05, 0) is 31.0 Å². The van der Waals surface area contributed by atoms with E-state index in [1.54, 1.807) is 24.3 Å². The summed E-state index contributed by atoms with van der Waals surface area (Å²) in [5.74, 6) is -0.631. The van der Waals surface area contributed by atoms with Crippen LogP contribution in [0.1, 0.15) is 42.5 Å². The zero-order chi connectivity index (χ0) is 13.9. The average Bonchev–Trinajstić information content (AvgIpc) is 2.75. The molecule has 5 heteroatoms. The third-order valence-corrected chi connectivity index (χ3v) is 3.54. The van der Waals surface area contributed by atoms with E-state index >= 15 is 0 Å². The van der Waals surface area contributed by atoms with Crippen LogP contribution in [0.4, 0.5) is 5.69 Å². The van der Waals surface area contributed by atoms with Gasteiger partial charge in [-0.2, -0.15) is 0 Å². The lowest BCUT2D eigenvalue weighted by Gasteiger charge is -2.22. The van der Waals surface area contributed by atoms with E-state index in [1.165, 1.54) is 0 Å². The van der Waals surface area contributed by atoms with Crippen molar-refractivity contribution >= 4 is 17.5 Å². The van der Waals surface area contributed by atoms with Crippen molar-refractivity contribution in [3.8, 4) is 0 Å². The van der Waals surface area contributed by atoms with Gasteiger partial charge in [0, 0.05) is 23.2 Å². The topological polar surface area (TPSA) is 98.2 Å². The first kappa shape index (κ1) is 13.5. The summed E-state index contributed by atoms with van der Waals surface area (Å²) in [5, 5.41) is 2.76. The summed E-state index contributed by atoms with van der Waals surface area (Å²) in [4.78, 5) is 23.0. The Labute approximate surface area is 112 Å². The maximum atomic E-state index is 11.9. The van der Waals surface area contributed by atoms with Gasteiger partial charge in [-0.3, -0.25) is 9.59 Å². The summed E-state index contributed by atoms with van der Waals surface area (Å²) in [7, 11) is 0. The summed E-state index contributed by atoms with van der Waals surface area (Å²) in [6.07, 6.45) is 4.26. The Morgan fingerprint density at radius 2 is 1.95 bits per heavy atom. The second kappa shape index (κ2) is 5.40. The van der Waals surface area contributed by atoms with Crippen LogP contribution in [0.15, 0.2) is 24.3 Å².